The van der Waals surface area contributed by atoms with Crippen molar-refractivity contribution in [2.75, 3.05) is 0 Å². The Kier molecular flexibility index (Phi) is 9.46. The summed E-state index contributed by atoms with van der Waals surface area (Å²) in [4.78, 5) is 9.02. The summed E-state index contributed by atoms with van der Waals surface area (Å²) < 4.78 is 41.4. The molecule has 0 bridgehead atoms. The van der Waals surface area contributed by atoms with Crippen molar-refractivity contribution in [1.82, 2.24) is 9.97 Å². The number of aromatic nitrogens is 2. The molecular weight excluding hydrogens is 861 g/mol. The molecule has 0 aliphatic rings. The van der Waals surface area contributed by atoms with Crippen molar-refractivity contribution in [3.63, 3.8) is 0 Å². The SMILES string of the molecule is [2H]C(C)(C)c1cc(-c2[c-]cccc2)nc[c]1[Ge]([CH3])([CH3])[CH3].[2H]c1cc(C([2H])([2H])C(C)C)cc(-c2[c-]ccc3c2oc2cc4c(ccc5ccccc54)cc23)n1.[Ir]. The van der Waals surface area contributed by atoms with Gasteiger partial charge in [-0.1, -0.05) is 72.8 Å². The van der Waals surface area contributed by atoms with E-state index in [9.17, 15) is 0 Å². The first-order chi connectivity index (χ1) is 25.5. The summed E-state index contributed by atoms with van der Waals surface area (Å²) in [7, 11) is 0. The Hall–Kier alpha value is -4.09. The van der Waals surface area contributed by atoms with Crippen molar-refractivity contribution in [1.29, 1.82) is 0 Å². The third-order valence-corrected chi connectivity index (χ3v) is 13.2. The minimum atomic E-state index is -2.03. The average Bonchev–Trinajstić information content (AvgIpc) is 3.51. The molecule has 5 aromatic carbocycles. The van der Waals surface area contributed by atoms with Crippen molar-refractivity contribution < 1.29 is 30.0 Å². The summed E-state index contributed by atoms with van der Waals surface area (Å²) in [5.41, 5.74) is 6.01. The summed E-state index contributed by atoms with van der Waals surface area (Å²) in [5, 5.41) is 6.59. The van der Waals surface area contributed by atoms with Crippen LogP contribution in [0.4, 0.5) is 0 Å². The molecule has 0 saturated carbocycles. The monoisotopic (exact) mass is 911 g/mol. The molecule has 0 aliphatic carbocycles. The first-order valence-electron chi connectivity index (χ1n) is 19.2. The molecule has 3 aromatic heterocycles. The summed E-state index contributed by atoms with van der Waals surface area (Å²) in [5.74, 6) is 6.21. The van der Waals surface area contributed by atoms with E-state index in [0.29, 0.717) is 22.4 Å². The van der Waals surface area contributed by atoms with Crippen molar-refractivity contribution in [2.45, 2.75) is 57.2 Å². The Balaban J connectivity index is 0.000000211. The largest absolute Gasteiger partial charge is 0.501 e. The number of pyridine rings is 2. The van der Waals surface area contributed by atoms with Crippen LogP contribution in [0.2, 0.25) is 17.3 Å². The number of hydrogen-bond acceptors (Lipinski definition) is 3. The first kappa shape index (κ1) is 31.6. The van der Waals surface area contributed by atoms with Crippen LogP contribution >= 0.6 is 0 Å². The smallest absolute Gasteiger partial charge is 0.121 e. The molecule has 0 fully saturated rings. The van der Waals surface area contributed by atoms with Gasteiger partial charge >= 0.3 is 120 Å². The Bertz CT molecular complexity index is 2660. The Morgan fingerprint density at radius 3 is 2.29 bits per heavy atom. The molecule has 0 saturated heterocycles. The van der Waals surface area contributed by atoms with E-state index in [0.717, 1.165) is 43.9 Å². The van der Waals surface area contributed by atoms with Gasteiger partial charge < -0.3 is 9.40 Å². The zero-order valence-electron chi connectivity index (χ0n) is 34.1. The zero-order valence-corrected chi connectivity index (χ0v) is 34.6. The van der Waals surface area contributed by atoms with Gasteiger partial charge in [-0.05, 0) is 57.7 Å². The number of fused-ring (bicyclic) bond motifs is 6. The fraction of sp³-hybridized carbons (Fsp3) is 0.217. The van der Waals surface area contributed by atoms with Crippen LogP contribution in [-0.2, 0) is 26.5 Å². The van der Waals surface area contributed by atoms with Crippen LogP contribution in [0.15, 0.2) is 120 Å². The van der Waals surface area contributed by atoms with Crippen LogP contribution in [0.5, 0.6) is 0 Å². The van der Waals surface area contributed by atoms with E-state index in [2.05, 4.69) is 81.8 Å². The van der Waals surface area contributed by atoms with E-state index in [4.69, 9.17) is 9.90 Å². The number of benzene rings is 5. The van der Waals surface area contributed by atoms with Gasteiger partial charge in [-0.3, -0.25) is 0 Å². The third-order valence-electron chi connectivity index (χ3n) is 8.94. The first-order valence-corrected chi connectivity index (χ1v) is 24.5. The summed E-state index contributed by atoms with van der Waals surface area (Å²) in [6, 6.07) is 40.3. The number of furan rings is 1. The van der Waals surface area contributed by atoms with Gasteiger partial charge in [-0.15, -0.1) is 18.2 Å². The van der Waals surface area contributed by atoms with Gasteiger partial charge in [0.2, 0.25) is 0 Å². The molecule has 0 unspecified atom stereocenters. The molecule has 8 aromatic rings. The second kappa shape index (κ2) is 15.3. The van der Waals surface area contributed by atoms with E-state index in [1.54, 1.807) is 6.07 Å². The van der Waals surface area contributed by atoms with Gasteiger partial charge in [-0.2, -0.15) is 0 Å². The van der Waals surface area contributed by atoms with Gasteiger partial charge in [0, 0.05) is 34.4 Å². The van der Waals surface area contributed by atoms with Crippen LogP contribution in [0.1, 0.15) is 50.2 Å². The van der Waals surface area contributed by atoms with E-state index < -0.39 is 25.5 Å². The molecule has 51 heavy (non-hydrogen) atoms. The number of nitrogens with zero attached hydrogens (tertiary/aromatic N) is 2. The minimum Gasteiger partial charge on any atom is -0.501 e. The van der Waals surface area contributed by atoms with Crippen molar-refractivity contribution in [3.05, 3.63) is 139 Å². The minimum absolute atomic E-state index is 0. The van der Waals surface area contributed by atoms with Gasteiger partial charge in [0.1, 0.15) is 5.58 Å². The van der Waals surface area contributed by atoms with Crippen LogP contribution in [0.25, 0.3) is 66.0 Å². The van der Waals surface area contributed by atoms with Crippen LogP contribution in [-0.4, -0.2) is 23.2 Å². The van der Waals surface area contributed by atoms with Crippen LogP contribution in [0, 0.1) is 18.1 Å². The molecule has 1 radical (unpaired) electrons. The van der Waals surface area contributed by atoms with Gasteiger partial charge in [0.15, 0.2) is 0 Å². The maximum absolute atomic E-state index is 8.50. The second-order valence-corrected chi connectivity index (χ2v) is 24.9. The molecule has 5 heteroatoms. The predicted molar refractivity (Wildman–Crippen MR) is 215 cm³/mol. The molecule has 8 rings (SSSR count). The fourth-order valence-corrected chi connectivity index (χ4v) is 9.86. The molecule has 0 atom stereocenters. The maximum atomic E-state index is 8.50. The van der Waals surface area contributed by atoms with Gasteiger partial charge in [-0.25, -0.2) is 0 Å². The molecule has 0 N–H and O–H groups in total. The van der Waals surface area contributed by atoms with Gasteiger partial charge in [0.05, 0.1) is 6.95 Å². The Labute approximate surface area is 323 Å². The quantitative estimate of drug-likeness (QED) is 0.0948. The third kappa shape index (κ3) is 7.75. The van der Waals surface area contributed by atoms with Crippen molar-refractivity contribution in [3.8, 4) is 22.5 Å². The van der Waals surface area contributed by atoms with E-state index in [1.165, 1.54) is 21.2 Å². The van der Waals surface area contributed by atoms with E-state index in [1.807, 2.05) is 82.4 Å². The fourth-order valence-electron chi connectivity index (χ4n) is 6.54. The van der Waals surface area contributed by atoms with E-state index in [-0.39, 0.29) is 32.2 Å². The van der Waals surface area contributed by atoms with E-state index >= 15 is 0 Å². The number of rotatable bonds is 6. The molecule has 0 amide bonds. The number of hydrogen-bond donors (Lipinski definition) is 0. The molecule has 0 aliphatic heterocycles. The van der Waals surface area contributed by atoms with Crippen LogP contribution < -0.4 is 4.40 Å². The average molecular weight is 910 g/mol. The Morgan fingerprint density at radius 2 is 1.55 bits per heavy atom. The standard InChI is InChI=1S/C29H22NO.C17H22GeN.Ir/c1-18(2)14-19-12-13-30-27(15-19)24-9-5-8-23-26-16-21-11-10-20-6-3-4-7-22(20)25(21)17-28(26)31-29(23)24;1-13(2)15-11-17(14-9-7-6-8-10-14)19-12-16(15)18(3,4)5;/h3-8,10-13,15-18H,14H2,1-2H3;6-9,11-13H,1-5H3;/q2*-1;/i13D,14D2;13D;. The van der Waals surface area contributed by atoms with Gasteiger partial charge in [0.25, 0.3) is 0 Å². The molecule has 0 spiro atoms. The van der Waals surface area contributed by atoms with Crippen LogP contribution in [0.3, 0.4) is 0 Å². The molecule has 259 valence electrons. The maximum Gasteiger partial charge on any atom is 0.121 e. The summed E-state index contributed by atoms with van der Waals surface area (Å²) in [6.45, 7) is 7.59. The molecule has 3 nitrogen and oxygen atoms in total. The molecule has 3 heterocycles. The van der Waals surface area contributed by atoms with Crippen molar-refractivity contribution >= 4 is 61.1 Å². The predicted octanol–water partition coefficient (Wildman–Crippen LogP) is 12.2. The van der Waals surface area contributed by atoms with Crippen molar-refractivity contribution in [2.24, 2.45) is 5.92 Å². The molecular formula is C46H44GeIrN2O-2. The Morgan fingerprint density at radius 1 is 0.765 bits per heavy atom. The topological polar surface area (TPSA) is 38.9 Å². The summed E-state index contributed by atoms with van der Waals surface area (Å²) >= 11 is -2.03. The normalized spacial score (nSPS) is 13.3. The second-order valence-electron chi connectivity index (χ2n) is 14.4. The zero-order chi connectivity index (χ0) is 38.6. The summed E-state index contributed by atoms with van der Waals surface area (Å²) in [6.07, 6.45) is 0.450.